The van der Waals surface area contributed by atoms with Crippen LogP contribution in [0.5, 0.6) is 5.75 Å². The zero-order valence-electron chi connectivity index (χ0n) is 21.5. The highest BCUT2D eigenvalue weighted by Crippen LogP contribution is 2.36. The fraction of sp³-hybridized carbons (Fsp3) is 0.296. The minimum atomic E-state index is -3.53. The molecule has 1 saturated heterocycles. The minimum absolute atomic E-state index is 0.129. The summed E-state index contributed by atoms with van der Waals surface area (Å²) in [5.74, 6) is 0.0667. The van der Waals surface area contributed by atoms with Gasteiger partial charge in [-0.05, 0) is 49.6 Å². The van der Waals surface area contributed by atoms with E-state index in [-0.39, 0.29) is 11.8 Å². The van der Waals surface area contributed by atoms with Crippen molar-refractivity contribution in [2.24, 2.45) is 0 Å². The Morgan fingerprint density at radius 1 is 1.25 bits per heavy atom. The molecule has 1 fully saturated rings. The van der Waals surface area contributed by atoms with Gasteiger partial charge in [0.2, 0.25) is 16.0 Å². The van der Waals surface area contributed by atoms with Crippen molar-refractivity contribution in [2.45, 2.75) is 30.6 Å². The van der Waals surface area contributed by atoms with E-state index in [1.807, 2.05) is 16.0 Å². The molecule has 1 aliphatic carbocycles. The molecule has 0 bridgehead atoms. The van der Waals surface area contributed by atoms with Gasteiger partial charge < -0.3 is 10.1 Å². The van der Waals surface area contributed by atoms with Crippen LogP contribution in [0.1, 0.15) is 19.3 Å². The van der Waals surface area contributed by atoms with Crippen molar-refractivity contribution < 1.29 is 17.5 Å². The normalized spacial score (nSPS) is 20.0. The number of nitrogens with one attached hydrogen (secondary N) is 1. The number of hydrogen-bond acceptors (Lipinski definition) is 8. The van der Waals surface area contributed by atoms with Gasteiger partial charge in [-0.15, -0.1) is 11.3 Å². The fourth-order valence-electron chi connectivity index (χ4n) is 5.06. The van der Waals surface area contributed by atoms with Crippen LogP contribution < -0.4 is 10.1 Å². The van der Waals surface area contributed by atoms with Gasteiger partial charge >= 0.3 is 0 Å². The summed E-state index contributed by atoms with van der Waals surface area (Å²) in [4.78, 5) is 14.8. The number of imidazole rings is 1. The predicted molar refractivity (Wildman–Crippen MR) is 155 cm³/mol. The molecule has 2 aliphatic rings. The number of aromatic nitrogens is 4. The number of ether oxygens (including phenoxy) is 1. The molecule has 0 saturated carbocycles. The summed E-state index contributed by atoms with van der Waals surface area (Å²) in [7, 11) is -2.10. The zero-order chi connectivity index (χ0) is 27.9. The first kappa shape index (κ1) is 26.9. The van der Waals surface area contributed by atoms with Crippen molar-refractivity contribution in [2.75, 3.05) is 25.5 Å². The number of thiazole rings is 1. The van der Waals surface area contributed by atoms with Crippen LogP contribution in [0.3, 0.4) is 0 Å². The van der Waals surface area contributed by atoms with E-state index in [1.165, 1.54) is 24.5 Å². The summed E-state index contributed by atoms with van der Waals surface area (Å²) in [6.07, 6.45) is 10.5. The van der Waals surface area contributed by atoms with Crippen molar-refractivity contribution in [3.8, 4) is 28.4 Å². The molecular weight excluding hydrogens is 575 g/mol. The number of rotatable bonds is 7. The van der Waals surface area contributed by atoms with Crippen LogP contribution in [0.4, 0.5) is 10.3 Å². The van der Waals surface area contributed by atoms with E-state index in [1.54, 1.807) is 46.9 Å². The summed E-state index contributed by atoms with van der Waals surface area (Å²) in [6.45, 7) is 0.791. The molecule has 0 radical (unpaired) electrons. The third kappa shape index (κ3) is 5.12. The van der Waals surface area contributed by atoms with Crippen LogP contribution in [0.25, 0.3) is 27.6 Å². The van der Waals surface area contributed by atoms with Crippen LogP contribution >= 0.6 is 22.9 Å². The third-order valence-electron chi connectivity index (χ3n) is 7.06. The number of piperidine rings is 1. The van der Waals surface area contributed by atoms with Gasteiger partial charge in [-0.1, -0.05) is 23.8 Å². The van der Waals surface area contributed by atoms with E-state index in [2.05, 4.69) is 10.3 Å². The Bertz CT molecular complexity index is 1730. The minimum Gasteiger partial charge on any atom is -0.494 e. The maximum Gasteiger partial charge on any atom is 0.223 e. The van der Waals surface area contributed by atoms with Gasteiger partial charge in [0.15, 0.2) is 16.5 Å². The lowest BCUT2D eigenvalue weighted by molar-refractivity contribution is 0.324. The smallest absolute Gasteiger partial charge is 0.223 e. The van der Waals surface area contributed by atoms with Crippen LogP contribution in [-0.2, 0) is 10.0 Å². The first-order valence-electron chi connectivity index (χ1n) is 12.8. The highest BCUT2D eigenvalue weighted by atomic mass is 35.5. The third-order valence-corrected chi connectivity index (χ3v) is 10.3. The van der Waals surface area contributed by atoms with Crippen molar-refractivity contribution in [1.82, 2.24) is 23.7 Å². The lowest BCUT2D eigenvalue weighted by Gasteiger charge is -2.34. The van der Waals surface area contributed by atoms with Crippen LogP contribution in [0, 0.1) is 5.82 Å². The van der Waals surface area contributed by atoms with Gasteiger partial charge in [-0.2, -0.15) is 4.31 Å². The van der Waals surface area contributed by atoms with E-state index in [0.717, 1.165) is 23.5 Å². The lowest BCUT2D eigenvalue weighted by atomic mass is 10.1. The molecule has 208 valence electrons. The average molecular weight is 601 g/mol. The molecule has 13 heteroatoms. The van der Waals surface area contributed by atoms with Crippen LogP contribution in [0.2, 0.25) is 0 Å². The molecule has 0 amide bonds. The Hall–Kier alpha value is -3.32. The molecule has 1 N–H and O–H groups in total. The maximum absolute atomic E-state index is 14.1. The van der Waals surface area contributed by atoms with E-state index >= 15 is 0 Å². The molecule has 1 unspecified atom stereocenters. The number of methoxy groups -OCH3 is 1. The summed E-state index contributed by atoms with van der Waals surface area (Å²) in [5.41, 5.74) is 2.69. The molecule has 6 rings (SSSR count). The number of allylic oxidation sites excluding steroid dienone is 3. The van der Waals surface area contributed by atoms with Gasteiger partial charge in [0.1, 0.15) is 5.69 Å². The number of nitrogens with zero attached hydrogens (tertiary/aromatic N) is 5. The molecule has 2 atom stereocenters. The standard InChI is InChI=1S/C27H26ClFN6O3S2/c1-38-23-15-17(4-9-21(23)29)24-25(35-13-14-39-27(35)33-24)22-10-11-30-26(32-22)31-19-3-2-12-34(16-19)40(36,37)20-7-5-18(28)6-8-20/h4-7,9-11,13-15,19-20H,2-3,8,12,16H2,1H3,(H,30,31,32)/t19-,20?/m1/s1. The van der Waals surface area contributed by atoms with E-state index < -0.39 is 21.1 Å². The SMILES string of the molecule is COc1cc(-c2nc3sccn3c2-c2ccnc(N[C@@H]3CCCN(S(=O)(=O)C4C=CC(Cl)=CC4)C3)n2)ccc1F. The number of benzene rings is 1. The predicted octanol–water partition coefficient (Wildman–Crippen LogP) is 5.32. The highest BCUT2D eigenvalue weighted by molar-refractivity contribution is 7.89. The summed E-state index contributed by atoms with van der Waals surface area (Å²) in [6, 6.07) is 6.28. The van der Waals surface area contributed by atoms with Gasteiger partial charge in [-0.25, -0.2) is 27.8 Å². The van der Waals surface area contributed by atoms with E-state index in [4.69, 9.17) is 26.3 Å². The second kappa shape index (κ2) is 10.9. The second-order valence-electron chi connectivity index (χ2n) is 9.59. The molecule has 1 aromatic carbocycles. The Morgan fingerprint density at radius 2 is 2.12 bits per heavy atom. The molecule has 9 nitrogen and oxygen atoms in total. The van der Waals surface area contributed by atoms with Gasteiger partial charge in [0.25, 0.3) is 0 Å². The van der Waals surface area contributed by atoms with E-state index in [0.29, 0.717) is 47.4 Å². The monoisotopic (exact) mass is 600 g/mol. The molecule has 4 heterocycles. The second-order valence-corrected chi connectivity index (χ2v) is 13.0. The van der Waals surface area contributed by atoms with Crippen LogP contribution in [-0.4, -0.2) is 63.6 Å². The van der Waals surface area contributed by atoms with Crippen LogP contribution in [0.15, 0.2) is 65.3 Å². The topological polar surface area (TPSA) is 102 Å². The molecule has 3 aromatic heterocycles. The first-order chi connectivity index (χ1) is 19.3. The van der Waals surface area contributed by atoms with Crippen molar-refractivity contribution in [3.63, 3.8) is 0 Å². The lowest BCUT2D eigenvalue weighted by Crippen LogP contribution is -2.48. The molecule has 4 aromatic rings. The quantitative estimate of drug-likeness (QED) is 0.306. The first-order valence-corrected chi connectivity index (χ1v) is 15.5. The van der Waals surface area contributed by atoms with Crippen molar-refractivity contribution in [1.29, 1.82) is 0 Å². The summed E-state index contributed by atoms with van der Waals surface area (Å²) >= 11 is 7.47. The highest BCUT2D eigenvalue weighted by Gasteiger charge is 2.34. The maximum atomic E-state index is 14.1. The number of halogens is 2. The van der Waals surface area contributed by atoms with Gasteiger partial charge in [-0.3, -0.25) is 4.40 Å². The number of fused-ring (bicyclic) bond motifs is 1. The largest absolute Gasteiger partial charge is 0.494 e. The number of anilines is 1. The zero-order valence-corrected chi connectivity index (χ0v) is 23.9. The summed E-state index contributed by atoms with van der Waals surface area (Å²) < 4.78 is 49.4. The van der Waals surface area contributed by atoms with E-state index in [9.17, 15) is 12.8 Å². The Morgan fingerprint density at radius 3 is 2.92 bits per heavy atom. The molecular formula is C27H26ClFN6O3S2. The Labute approximate surface area is 240 Å². The van der Waals surface area contributed by atoms with Gasteiger partial charge in [0.05, 0.1) is 23.7 Å². The van der Waals surface area contributed by atoms with Gasteiger partial charge in [0, 0.05) is 47.5 Å². The average Bonchev–Trinajstić information content (AvgIpc) is 3.56. The fourth-order valence-corrected chi connectivity index (χ4v) is 7.71. The molecule has 40 heavy (non-hydrogen) atoms. The Kier molecular flexibility index (Phi) is 7.34. The number of hydrogen-bond donors (Lipinski definition) is 1. The number of sulfonamides is 1. The Balaban J connectivity index is 1.27. The van der Waals surface area contributed by atoms with Crippen molar-refractivity contribution in [3.05, 3.63) is 71.1 Å². The van der Waals surface area contributed by atoms with Crippen molar-refractivity contribution >= 4 is 43.9 Å². The molecule has 0 spiro atoms. The molecule has 1 aliphatic heterocycles. The summed E-state index contributed by atoms with van der Waals surface area (Å²) in [5, 5.41) is 5.22.